The number of carbonyl (C=O) groups is 2. The molecule has 2 unspecified atom stereocenters. The lowest BCUT2D eigenvalue weighted by molar-refractivity contribution is -0.125. The maximum Gasteiger partial charge on any atom is 0.261 e. The minimum atomic E-state index is -4.32. The smallest absolute Gasteiger partial charge is 0.261 e. The van der Waals surface area contributed by atoms with Crippen LogP contribution in [-0.4, -0.2) is 64.9 Å². The number of aliphatic hydroxyl groups is 1. The molecule has 1 aromatic heterocycles. The van der Waals surface area contributed by atoms with Crippen molar-refractivity contribution in [2.24, 2.45) is 0 Å². The van der Waals surface area contributed by atoms with Crippen LogP contribution in [0.25, 0.3) is 0 Å². The number of nitrogens with one attached hydrogen (secondary N) is 1. The maximum atomic E-state index is 14.2. The summed E-state index contributed by atoms with van der Waals surface area (Å²) in [5.74, 6) is -0.908. The molecule has 2 aliphatic heterocycles. The van der Waals surface area contributed by atoms with Crippen LogP contribution >= 0.6 is 23.2 Å². The molecule has 2 atom stereocenters. The van der Waals surface area contributed by atoms with E-state index < -0.39 is 33.4 Å². The lowest BCUT2D eigenvalue weighted by Gasteiger charge is -2.29. The summed E-state index contributed by atoms with van der Waals surface area (Å²) in [6, 6.07) is 12.3. The van der Waals surface area contributed by atoms with Crippen molar-refractivity contribution in [3.63, 3.8) is 0 Å². The van der Waals surface area contributed by atoms with Gasteiger partial charge in [0.1, 0.15) is 11.6 Å². The summed E-state index contributed by atoms with van der Waals surface area (Å²) in [5, 5.41) is 21.2. The van der Waals surface area contributed by atoms with Crippen LogP contribution < -0.4 is 10.2 Å². The Balaban J connectivity index is 1.64. The third kappa shape index (κ3) is 5.09. The highest BCUT2D eigenvalue weighted by molar-refractivity contribution is 7.89. The number of fused-ring (bicyclic) bond motifs is 1. The van der Waals surface area contributed by atoms with E-state index in [1.165, 1.54) is 33.9 Å². The highest BCUT2D eigenvalue weighted by atomic mass is 35.5. The number of carbonyl (C=O) groups excluding carboxylic acids is 2. The van der Waals surface area contributed by atoms with Crippen molar-refractivity contribution in [2.45, 2.75) is 42.8 Å². The molecule has 0 aliphatic carbocycles. The van der Waals surface area contributed by atoms with E-state index in [0.717, 1.165) is 4.31 Å². The fourth-order valence-corrected chi connectivity index (χ4v) is 7.78. The molecule has 0 saturated carbocycles. The molecule has 0 radical (unpaired) electrons. The van der Waals surface area contributed by atoms with Gasteiger partial charge in [0.15, 0.2) is 5.03 Å². The van der Waals surface area contributed by atoms with Crippen molar-refractivity contribution in [1.82, 2.24) is 19.2 Å². The fraction of sp³-hybridized carbons (Fsp3) is 0.333. The van der Waals surface area contributed by atoms with Gasteiger partial charge in [-0.3, -0.25) is 14.2 Å². The first kappa shape index (κ1) is 29.0. The number of aliphatic hydroxyl groups excluding tert-OH is 1. The number of hydrogen-bond acceptors (Lipinski definition) is 7. The maximum absolute atomic E-state index is 14.2. The van der Waals surface area contributed by atoms with Crippen LogP contribution in [0.15, 0.2) is 53.7 Å². The number of nitrogens with zero attached hydrogens (tertiary/aromatic N) is 5. The number of sulfonamides is 1. The summed E-state index contributed by atoms with van der Waals surface area (Å²) in [6.07, 6.45) is 2.04. The van der Waals surface area contributed by atoms with E-state index >= 15 is 0 Å². The van der Waals surface area contributed by atoms with Crippen molar-refractivity contribution < 1.29 is 23.1 Å². The molecule has 2 aromatic carbocycles. The number of anilines is 2. The second kappa shape index (κ2) is 11.1. The van der Waals surface area contributed by atoms with Gasteiger partial charge in [-0.1, -0.05) is 35.3 Å². The van der Waals surface area contributed by atoms with Crippen LogP contribution in [-0.2, 0) is 31.6 Å². The van der Waals surface area contributed by atoms with Gasteiger partial charge in [-0.2, -0.15) is 9.57 Å². The second-order valence-electron chi connectivity index (χ2n) is 10.0. The highest BCUT2D eigenvalue weighted by Crippen LogP contribution is 2.45. The summed E-state index contributed by atoms with van der Waals surface area (Å²) in [4.78, 5) is 32.7. The van der Waals surface area contributed by atoms with Gasteiger partial charge in [0.25, 0.3) is 15.9 Å². The average Bonchev–Trinajstić information content (AvgIpc) is 3.65. The predicted molar refractivity (Wildman–Crippen MR) is 151 cm³/mol. The lowest BCUT2D eigenvalue weighted by atomic mass is 9.91. The number of nitriles is 1. The Morgan fingerprint density at radius 2 is 1.90 bits per heavy atom. The minimum Gasteiger partial charge on any atom is -0.395 e. The Bertz CT molecular complexity index is 1650. The van der Waals surface area contributed by atoms with Gasteiger partial charge in [-0.15, -0.1) is 0 Å². The molecule has 214 valence electrons. The molecule has 0 spiro atoms. The van der Waals surface area contributed by atoms with E-state index in [1.54, 1.807) is 31.2 Å². The molecule has 2 N–H and O–H groups in total. The average molecular weight is 618 g/mol. The van der Waals surface area contributed by atoms with Crippen LogP contribution in [0.1, 0.15) is 30.9 Å². The standard InChI is InChI=1S/C27H26Cl2N6O5S/c1-27(14-17-4-6-18(15-30)7-5-17)25(38)34(21-12-19(28)11-20(29)13-21)26-32-16-23(35(26)27)41(39,40)33-9-2-3-22(33)24(37)31-8-10-36/h4-7,11-13,16,22,36H,2-3,8-10,14H2,1H3,(H,31,37). The Morgan fingerprint density at radius 3 is 2.54 bits per heavy atom. The fourth-order valence-electron chi connectivity index (χ4n) is 5.42. The Kier molecular flexibility index (Phi) is 7.84. The van der Waals surface area contributed by atoms with Gasteiger partial charge < -0.3 is 10.4 Å². The SMILES string of the molecule is CC1(Cc2ccc(C#N)cc2)C(=O)N(c2cc(Cl)cc(Cl)c2)c2ncc(S(=O)(=O)N3CCCC3C(=O)NCCO)n21. The van der Waals surface area contributed by atoms with Gasteiger partial charge in [0.05, 0.1) is 30.1 Å². The molecule has 0 bridgehead atoms. The van der Waals surface area contributed by atoms with Crippen molar-refractivity contribution in [1.29, 1.82) is 5.26 Å². The zero-order valence-electron chi connectivity index (χ0n) is 21.9. The Labute approximate surface area is 246 Å². The van der Waals surface area contributed by atoms with Gasteiger partial charge >= 0.3 is 0 Å². The molecule has 2 amide bonds. The molecule has 1 fully saturated rings. The molecule has 3 heterocycles. The zero-order valence-corrected chi connectivity index (χ0v) is 24.2. The third-order valence-electron chi connectivity index (χ3n) is 7.30. The van der Waals surface area contributed by atoms with E-state index in [0.29, 0.717) is 29.7 Å². The predicted octanol–water partition coefficient (Wildman–Crippen LogP) is 2.96. The summed E-state index contributed by atoms with van der Waals surface area (Å²) >= 11 is 12.5. The zero-order chi connectivity index (χ0) is 29.5. The van der Waals surface area contributed by atoms with Crippen LogP contribution in [0.4, 0.5) is 11.6 Å². The first-order valence-electron chi connectivity index (χ1n) is 12.8. The number of hydrogen-bond donors (Lipinski definition) is 2. The summed E-state index contributed by atoms with van der Waals surface area (Å²) in [5.41, 5.74) is -0.0190. The number of benzene rings is 2. The van der Waals surface area contributed by atoms with Crippen LogP contribution in [0.2, 0.25) is 10.0 Å². The van der Waals surface area contributed by atoms with Crippen molar-refractivity contribution >= 4 is 56.7 Å². The van der Waals surface area contributed by atoms with E-state index in [2.05, 4.69) is 16.4 Å². The molecule has 11 nitrogen and oxygen atoms in total. The molecule has 5 rings (SSSR count). The topological polar surface area (TPSA) is 149 Å². The van der Waals surface area contributed by atoms with E-state index in [9.17, 15) is 23.3 Å². The Morgan fingerprint density at radius 1 is 1.22 bits per heavy atom. The van der Waals surface area contributed by atoms with E-state index in [-0.39, 0.29) is 47.1 Å². The number of rotatable bonds is 8. The molecule has 2 aliphatic rings. The van der Waals surface area contributed by atoms with Crippen LogP contribution in [0.5, 0.6) is 0 Å². The largest absolute Gasteiger partial charge is 0.395 e. The van der Waals surface area contributed by atoms with E-state index in [4.69, 9.17) is 28.3 Å². The lowest BCUT2D eigenvalue weighted by Crippen LogP contribution is -2.48. The monoisotopic (exact) mass is 616 g/mol. The first-order valence-corrected chi connectivity index (χ1v) is 15.0. The quantitative estimate of drug-likeness (QED) is 0.395. The van der Waals surface area contributed by atoms with E-state index in [1.807, 2.05) is 0 Å². The van der Waals surface area contributed by atoms with Crippen molar-refractivity contribution in [3.05, 3.63) is 69.8 Å². The second-order valence-corrected chi connectivity index (χ2v) is 12.8. The summed E-state index contributed by atoms with van der Waals surface area (Å²) < 4.78 is 30.8. The van der Waals surface area contributed by atoms with Gasteiger partial charge in [0, 0.05) is 29.6 Å². The van der Waals surface area contributed by atoms with Gasteiger partial charge in [-0.05, 0) is 55.7 Å². The molecular weight excluding hydrogens is 591 g/mol. The molecule has 1 saturated heterocycles. The molecule has 14 heteroatoms. The third-order valence-corrected chi connectivity index (χ3v) is 9.60. The number of halogens is 2. The first-order chi connectivity index (χ1) is 19.5. The van der Waals surface area contributed by atoms with Crippen LogP contribution in [0, 0.1) is 11.3 Å². The molecule has 3 aromatic rings. The number of aromatic nitrogens is 2. The van der Waals surface area contributed by atoms with Crippen molar-refractivity contribution in [3.8, 4) is 6.07 Å². The summed E-state index contributed by atoms with van der Waals surface area (Å²) in [7, 11) is -4.32. The highest BCUT2D eigenvalue weighted by Gasteiger charge is 2.53. The van der Waals surface area contributed by atoms with Crippen molar-refractivity contribution in [2.75, 3.05) is 24.6 Å². The number of imidazole rings is 1. The summed E-state index contributed by atoms with van der Waals surface area (Å²) in [6.45, 7) is 1.45. The van der Waals surface area contributed by atoms with Crippen LogP contribution in [0.3, 0.4) is 0 Å². The van der Waals surface area contributed by atoms with Gasteiger partial charge in [0.2, 0.25) is 11.9 Å². The van der Waals surface area contributed by atoms with Gasteiger partial charge in [-0.25, -0.2) is 18.3 Å². The minimum absolute atomic E-state index is 0.000376. The molecular formula is C27H26Cl2N6O5S. The Hall–Kier alpha value is -3.47. The normalized spacial score (nSPS) is 20.7. The number of amides is 2. The molecule has 41 heavy (non-hydrogen) atoms.